The summed E-state index contributed by atoms with van der Waals surface area (Å²) in [4.78, 5) is 11.8. The van der Waals surface area contributed by atoms with Crippen molar-refractivity contribution in [3.63, 3.8) is 0 Å². The van der Waals surface area contributed by atoms with Crippen molar-refractivity contribution < 1.29 is 9.32 Å². The number of carbonyl (C=O) groups is 1. The molecule has 1 aromatic carbocycles. The number of hydrogen-bond acceptors (Lipinski definition) is 3. The number of benzene rings is 1. The van der Waals surface area contributed by atoms with E-state index in [0.717, 1.165) is 24.3 Å². The molecule has 1 heterocycles. The minimum absolute atomic E-state index is 0.0326. The second-order valence-corrected chi connectivity index (χ2v) is 4.88. The third kappa shape index (κ3) is 4.23. The molecule has 4 heteroatoms. The molecule has 2 aromatic rings. The first-order valence-electron chi connectivity index (χ1n) is 6.94. The summed E-state index contributed by atoms with van der Waals surface area (Å²) in [6, 6.07) is 10.2. The zero-order valence-electron chi connectivity index (χ0n) is 12.0. The topological polar surface area (TPSA) is 55.1 Å². The van der Waals surface area contributed by atoms with Crippen LogP contribution in [0.3, 0.4) is 0 Å². The van der Waals surface area contributed by atoms with Crippen LogP contribution in [0.15, 0.2) is 34.9 Å². The molecule has 0 atom stereocenters. The van der Waals surface area contributed by atoms with Crippen molar-refractivity contribution in [1.82, 2.24) is 10.5 Å². The lowest BCUT2D eigenvalue weighted by Gasteiger charge is -2.04. The van der Waals surface area contributed by atoms with E-state index in [2.05, 4.69) is 41.7 Å². The molecule has 2 rings (SSSR count). The predicted octanol–water partition coefficient (Wildman–Crippen LogP) is 2.79. The minimum Gasteiger partial charge on any atom is -0.361 e. The first-order chi connectivity index (χ1) is 9.67. The van der Waals surface area contributed by atoms with Gasteiger partial charge in [0.25, 0.3) is 0 Å². The summed E-state index contributed by atoms with van der Waals surface area (Å²) in [6.45, 7) is 4.39. The van der Waals surface area contributed by atoms with Gasteiger partial charge in [-0.25, -0.2) is 0 Å². The number of hydrogen-bond donors (Lipinski definition) is 1. The van der Waals surface area contributed by atoms with Crippen LogP contribution in [-0.4, -0.2) is 11.1 Å². The van der Waals surface area contributed by atoms with Crippen LogP contribution in [0.2, 0.25) is 0 Å². The summed E-state index contributed by atoms with van der Waals surface area (Å²) in [6.07, 6.45) is 2.29. The van der Waals surface area contributed by atoms with Gasteiger partial charge >= 0.3 is 0 Å². The van der Waals surface area contributed by atoms with E-state index in [1.807, 2.05) is 13.0 Å². The molecule has 0 fully saturated rings. The van der Waals surface area contributed by atoms with Crippen LogP contribution >= 0.6 is 0 Å². The lowest BCUT2D eigenvalue weighted by Crippen LogP contribution is -2.23. The highest BCUT2D eigenvalue weighted by Gasteiger charge is 2.05. The highest BCUT2D eigenvalue weighted by atomic mass is 16.5. The molecule has 0 saturated heterocycles. The molecule has 0 saturated carbocycles. The van der Waals surface area contributed by atoms with Gasteiger partial charge in [-0.05, 0) is 30.9 Å². The maximum absolute atomic E-state index is 11.8. The van der Waals surface area contributed by atoms with Crippen LogP contribution in [0.5, 0.6) is 0 Å². The van der Waals surface area contributed by atoms with Gasteiger partial charge in [0.05, 0.1) is 6.54 Å². The van der Waals surface area contributed by atoms with Crippen LogP contribution in [0.25, 0.3) is 0 Å². The molecule has 106 valence electrons. The van der Waals surface area contributed by atoms with Gasteiger partial charge in [0.2, 0.25) is 5.91 Å². The molecule has 20 heavy (non-hydrogen) atoms. The summed E-state index contributed by atoms with van der Waals surface area (Å²) >= 11 is 0. The molecule has 0 unspecified atom stereocenters. The van der Waals surface area contributed by atoms with Gasteiger partial charge in [-0.1, -0.05) is 36.3 Å². The average molecular weight is 272 g/mol. The monoisotopic (exact) mass is 272 g/mol. The molecule has 0 aliphatic rings. The Hall–Kier alpha value is -2.10. The number of nitrogens with zero attached hydrogens (tertiary/aromatic N) is 1. The van der Waals surface area contributed by atoms with Gasteiger partial charge < -0.3 is 9.84 Å². The van der Waals surface area contributed by atoms with Gasteiger partial charge in [0.1, 0.15) is 11.5 Å². The first-order valence-corrected chi connectivity index (χ1v) is 6.94. The Balaban J connectivity index is 1.74. The molecule has 4 nitrogen and oxygen atoms in total. The Kier molecular flexibility index (Phi) is 4.93. The third-order valence-corrected chi connectivity index (χ3v) is 3.22. The van der Waals surface area contributed by atoms with Crippen LogP contribution in [0.4, 0.5) is 0 Å². The zero-order valence-corrected chi connectivity index (χ0v) is 12.0. The molecule has 1 amide bonds. The fraction of sp³-hybridized carbons (Fsp3) is 0.375. The van der Waals surface area contributed by atoms with E-state index < -0.39 is 0 Å². The van der Waals surface area contributed by atoms with Crippen LogP contribution in [-0.2, 0) is 24.2 Å². The van der Waals surface area contributed by atoms with Crippen LogP contribution < -0.4 is 5.32 Å². The molecule has 1 N–H and O–H groups in total. The van der Waals surface area contributed by atoms with Crippen molar-refractivity contribution in [2.45, 2.75) is 39.7 Å². The van der Waals surface area contributed by atoms with Crippen LogP contribution in [0, 0.1) is 6.92 Å². The average Bonchev–Trinajstić information content (AvgIpc) is 2.89. The number of aromatic nitrogens is 1. The fourth-order valence-electron chi connectivity index (χ4n) is 1.98. The van der Waals surface area contributed by atoms with Crippen molar-refractivity contribution >= 4 is 5.91 Å². The smallest absolute Gasteiger partial charge is 0.220 e. The highest BCUT2D eigenvalue weighted by molar-refractivity contribution is 5.76. The number of nitrogens with one attached hydrogen (secondary N) is 1. The number of aryl methyl sites for hydroxylation is 3. The lowest BCUT2D eigenvalue weighted by molar-refractivity contribution is -0.121. The van der Waals surface area contributed by atoms with E-state index in [4.69, 9.17) is 4.52 Å². The molecule has 0 aliphatic carbocycles. The quantitative estimate of drug-likeness (QED) is 0.879. The Morgan fingerprint density at radius 2 is 1.95 bits per heavy atom. The summed E-state index contributed by atoms with van der Waals surface area (Å²) < 4.78 is 4.95. The Bertz CT molecular complexity index is 558. The Morgan fingerprint density at radius 1 is 1.25 bits per heavy atom. The molecule has 0 radical (unpaired) electrons. The van der Waals surface area contributed by atoms with Crippen molar-refractivity contribution in [3.05, 3.63) is 52.9 Å². The first kappa shape index (κ1) is 14.3. The Morgan fingerprint density at radius 3 is 2.55 bits per heavy atom. The minimum atomic E-state index is 0.0326. The number of carbonyl (C=O) groups excluding carboxylic acids is 1. The van der Waals surface area contributed by atoms with E-state index in [0.29, 0.717) is 13.0 Å². The standard InChI is InChI=1S/C16H20N2O2/c1-3-13-4-6-14(7-5-13)8-9-16(19)17-11-15-10-12(2)20-18-15/h4-7,10H,3,8-9,11H2,1-2H3,(H,17,19). The molecule has 0 aliphatic heterocycles. The molecular weight excluding hydrogens is 252 g/mol. The van der Waals surface area contributed by atoms with E-state index in [1.165, 1.54) is 11.1 Å². The summed E-state index contributed by atoms with van der Waals surface area (Å²) in [5, 5.41) is 6.68. The second kappa shape index (κ2) is 6.89. The maximum atomic E-state index is 11.8. The van der Waals surface area contributed by atoms with Crippen molar-refractivity contribution in [3.8, 4) is 0 Å². The molecule has 0 spiro atoms. The van der Waals surface area contributed by atoms with E-state index in [-0.39, 0.29) is 5.91 Å². The maximum Gasteiger partial charge on any atom is 0.220 e. The van der Waals surface area contributed by atoms with Gasteiger partial charge in [-0.2, -0.15) is 0 Å². The Labute approximate surface area is 119 Å². The fourth-order valence-corrected chi connectivity index (χ4v) is 1.98. The molecular formula is C16H20N2O2. The summed E-state index contributed by atoms with van der Waals surface area (Å²) in [5.74, 6) is 0.787. The molecule has 0 bridgehead atoms. The largest absolute Gasteiger partial charge is 0.361 e. The highest BCUT2D eigenvalue weighted by Crippen LogP contribution is 2.07. The van der Waals surface area contributed by atoms with E-state index in [9.17, 15) is 4.79 Å². The molecule has 1 aromatic heterocycles. The summed E-state index contributed by atoms with van der Waals surface area (Å²) in [5.41, 5.74) is 3.26. The van der Waals surface area contributed by atoms with Gasteiger partial charge in [0.15, 0.2) is 0 Å². The number of rotatable bonds is 6. The van der Waals surface area contributed by atoms with Crippen molar-refractivity contribution in [2.75, 3.05) is 0 Å². The predicted molar refractivity (Wildman–Crippen MR) is 77.2 cm³/mol. The second-order valence-electron chi connectivity index (χ2n) is 4.88. The SMILES string of the molecule is CCc1ccc(CCC(=O)NCc2cc(C)on2)cc1. The van der Waals surface area contributed by atoms with E-state index in [1.54, 1.807) is 0 Å². The van der Waals surface area contributed by atoms with Crippen molar-refractivity contribution in [1.29, 1.82) is 0 Å². The normalized spacial score (nSPS) is 10.5. The zero-order chi connectivity index (χ0) is 14.4. The number of amides is 1. The van der Waals surface area contributed by atoms with Gasteiger partial charge in [0, 0.05) is 12.5 Å². The van der Waals surface area contributed by atoms with Gasteiger partial charge in [-0.15, -0.1) is 0 Å². The van der Waals surface area contributed by atoms with E-state index >= 15 is 0 Å². The third-order valence-electron chi connectivity index (χ3n) is 3.22. The van der Waals surface area contributed by atoms with Crippen molar-refractivity contribution in [2.24, 2.45) is 0 Å². The lowest BCUT2D eigenvalue weighted by atomic mass is 10.1. The van der Waals surface area contributed by atoms with Gasteiger partial charge in [-0.3, -0.25) is 4.79 Å². The summed E-state index contributed by atoms with van der Waals surface area (Å²) in [7, 11) is 0. The van der Waals surface area contributed by atoms with Crippen LogP contribution in [0.1, 0.15) is 35.9 Å².